The summed E-state index contributed by atoms with van der Waals surface area (Å²) in [5.41, 5.74) is 3.05. The number of rotatable bonds is 8. The first-order valence-electron chi connectivity index (χ1n) is 8.69. The fourth-order valence-corrected chi connectivity index (χ4v) is 3.34. The van der Waals surface area contributed by atoms with Crippen LogP contribution in [-0.2, 0) is 16.1 Å². The maximum atomic E-state index is 11.5. The summed E-state index contributed by atoms with van der Waals surface area (Å²) in [7, 11) is 3.01. The molecule has 0 amide bonds. The molecule has 2 aromatic carbocycles. The zero-order chi connectivity index (χ0) is 19.9. The maximum absolute atomic E-state index is 11.5. The standard InChI is InChI=1S/C20H22N4O3S/c1-14-4-8-16(9-5-14)24-18(22-23-20(24)28-13-19(25)27-3)12-21-15-6-10-17(26-2)11-7-15/h4-11,21H,12-13H2,1-3H3. The summed E-state index contributed by atoms with van der Waals surface area (Å²) in [6, 6.07) is 15.8. The van der Waals surface area contributed by atoms with E-state index in [1.54, 1.807) is 7.11 Å². The first kappa shape index (κ1) is 19.8. The Hall–Kier alpha value is -3.00. The number of ether oxygens (including phenoxy) is 2. The molecule has 0 unspecified atom stereocenters. The van der Waals surface area contributed by atoms with Gasteiger partial charge in [0.1, 0.15) is 5.75 Å². The van der Waals surface area contributed by atoms with Crippen molar-refractivity contribution in [1.82, 2.24) is 14.8 Å². The second kappa shape index (κ2) is 9.27. The maximum Gasteiger partial charge on any atom is 0.316 e. The molecule has 0 atom stereocenters. The molecule has 0 spiro atoms. The normalized spacial score (nSPS) is 10.5. The fraction of sp³-hybridized carbons (Fsp3) is 0.250. The molecule has 0 bridgehead atoms. The number of aryl methyl sites for hydroxylation is 1. The third kappa shape index (κ3) is 4.83. The van der Waals surface area contributed by atoms with Crippen molar-refractivity contribution in [3.8, 4) is 11.4 Å². The van der Waals surface area contributed by atoms with Crippen LogP contribution in [0.2, 0.25) is 0 Å². The Bertz CT molecular complexity index is 924. The van der Waals surface area contributed by atoms with E-state index >= 15 is 0 Å². The summed E-state index contributed by atoms with van der Waals surface area (Å²) in [4.78, 5) is 11.5. The van der Waals surface area contributed by atoms with E-state index in [2.05, 4.69) is 15.5 Å². The number of anilines is 1. The highest BCUT2D eigenvalue weighted by Gasteiger charge is 2.16. The molecule has 8 heteroatoms. The van der Waals surface area contributed by atoms with Crippen LogP contribution in [0.25, 0.3) is 5.69 Å². The van der Waals surface area contributed by atoms with Crippen molar-refractivity contribution < 1.29 is 14.3 Å². The minimum atomic E-state index is -0.304. The summed E-state index contributed by atoms with van der Waals surface area (Å²) >= 11 is 1.30. The molecule has 0 saturated carbocycles. The average Bonchev–Trinajstić information content (AvgIpc) is 3.14. The van der Waals surface area contributed by atoms with Gasteiger partial charge >= 0.3 is 5.97 Å². The number of aromatic nitrogens is 3. The van der Waals surface area contributed by atoms with Gasteiger partial charge in [-0.1, -0.05) is 29.5 Å². The SMILES string of the molecule is COC(=O)CSc1nnc(CNc2ccc(OC)cc2)n1-c1ccc(C)cc1. The van der Waals surface area contributed by atoms with Crippen molar-refractivity contribution in [2.24, 2.45) is 0 Å². The number of hydrogen-bond acceptors (Lipinski definition) is 7. The van der Waals surface area contributed by atoms with Crippen molar-refractivity contribution in [2.75, 3.05) is 25.3 Å². The number of esters is 1. The molecule has 28 heavy (non-hydrogen) atoms. The fourth-order valence-electron chi connectivity index (χ4n) is 2.53. The number of thioether (sulfide) groups is 1. The zero-order valence-corrected chi connectivity index (χ0v) is 16.8. The molecule has 1 N–H and O–H groups in total. The van der Waals surface area contributed by atoms with Gasteiger partial charge in [0.2, 0.25) is 0 Å². The van der Waals surface area contributed by atoms with Crippen LogP contribution in [0.1, 0.15) is 11.4 Å². The Balaban J connectivity index is 1.83. The highest BCUT2D eigenvalue weighted by Crippen LogP contribution is 2.23. The molecule has 1 aromatic heterocycles. The van der Waals surface area contributed by atoms with Gasteiger partial charge in [-0.15, -0.1) is 10.2 Å². The third-order valence-corrected chi connectivity index (χ3v) is 4.98. The molecular weight excluding hydrogens is 376 g/mol. The van der Waals surface area contributed by atoms with Crippen molar-refractivity contribution in [3.63, 3.8) is 0 Å². The molecular formula is C20H22N4O3S. The Morgan fingerprint density at radius 3 is 2.43 bits per heavy atom. The molecule has 7 nitrogen and oxygen atoms in total. The molecule has 1 heterocycles. The summed E-state index contributed by atoms with van der Waals surface area (Å²) in [6.07, 6.45) is 0. The van der Waals surface area contributed by atoms with Gasteiger partial charge in [0.05, 0.1) is 26.5 Å². The van der Waals surface area contributed by atoms with Crippen LogP contribution in [0.5, 0.6) is 5.75 Å². The second-order valence-corrected chi connectivity index (χ2v) is 6.96. The number of methoxy groups -OCH3 is 2. The second-order valence-electron chi connectivity index (χ2n) is 6.02. The van der Waals surface area contributed by atoms with Crippen LogP contribution >= 0.6 is 11.8 Å². The molecule has 3 rings (SSSR count). The van der Waals surface area contributed by atoms with Gasteiger partial charge in [0.15, 0.2) is 11.0 Å². The van der Waals surface area contributed by atoms with E-state index < -0.39 is 0 Å². The Kier molecular flexibility index (Phi) is 6.54. The largest absolute Gasteiger partial charge is 0.497 e. The van der Waals surface area contributed by atoms with Gasteiger partial charge in [0, 0.05) is 11.4 Å². The molecule has 0 aliphatic carbocycles. The minimum Gasteiger partial charge on any atom is -0.497 e. The summed E-state index contributed by atoms with van der Waals surface area (Å²) in [5.74, 6) is 1.41. The van der Waals surface area contributed by atoms with Gasteiger partial charge in [-0.2, -0.15) is 0 Å². The van der Waals surface area contributed by atoms with E-state index in [1.165, 1.54) is 24.4 Å². The van der Waals surface area contributed by atoms with E-state index in [0.717, 1.165) is 22.9 Å². The molecule has 0 fully saturated rings. The molecule has 0 aliphatic rings. The average molecular weight is 398 g/mol. The van der Waals surface area contributed by atoms with Crippen molar-refractivity contribution >= 4 is 23.4 Å². The molecule has 0 aliphatic heterocycles. The first-order valence-corrected chi connectivity index (χ1v) is 9.68. The van der Waals surface area contributed by atoms with Crippen LogP contribution < -0.4 is 10.1 Å². The highest BCUT2D eigenvalue weighted by atomic mass is 32.2. The van der Waals surface area contributed by atoms with Crippen molar-refractivity contribution in [2.45, 2.75) is 18.6 Å². The minimum absolute atomic E-state index is 0.173. The van der Waals surface area contributed by atoms with Gasteiger partial charge in [-0.25, -0.2) is 0 Å². The lowest BCUT2D eigenvalue weighted by molar-refractivity contribution is -0.137. The predicted octanol–water partition coefficient (Wildman–Crippen LogP) is 3.46. The van der Waals surface area contributed by atoms with Crippen molar-refractivity contribution in [3.05, 3.63) is 59.9 Å². The third-order valence-electron chi connectivity index (χ3n) is 4.08. The lowest BCUT2D eigenvalue weighted by atomic mass is 10.2. The number of nitrogens with one attached hydrogen (secondary N) is 1. The van der Waals surface area contributed by atoms with Crippen molar-refractivity contribution in [1.29, 1.82) is 0 Å². The van der Waals surface area contributed by atoms with Crippen LogP contribution in [0, 0.1) is 6.92 Å². The highest BCUT2D eigenvalue weighted by molar-refractivity contribution is 7.99. The monoisotopic (exact) mass is 398 g/mol. The first-order chi connectivity index (χ1) is 13.6. The van der Waals surface area contributed by atoms with Crippen LogP contribution in [-0.4, -0.2) is 40.7 Å². The molecule has 0 saturated heterocycles. The summed E-state index contributed by atoms with van der Waals surface area (Å²) in [6.45, 7) is 2.51. The van der Waals surface area contributed by atoms with E-state index in [0.29, 0.717) is 11.7 Å². The lowest BCUT2D eigenvalue weighted by Gasteiger charge is -2.12. The Morgan fingerprint density at radius 1 is 1.07 bits per heavy atom. The summed E-state index contributed by atoms with van der Waals surface area (Å²) < 4.78 is 11.9. The Labute approximate surface area is 168 Å². The van der Waals surface area contributed by atoms with Gasteiger partial charge in [-0.3, -0.25) is 9.36 Å². The number of benzene rings is 2. The number of nitrogens with zero attached hydrogens (tertiary/aromatic N) is 3. The van der Waals surface area contributed by atoms with Gasteiger partial charge in [0.25, 0.3) is 0 Å². The van der Waals surface area contributed by atoms with Gasteiger partial charge < -0.3 is 14.8 Å². The Morgan fingerprint density at radius 2 is 1.79 bits per heavy atom. The van der Waals surface area contributed by atoms with Crippen LogP contribution in [0.4, 0.5) is 5.69 Å². The molecule has 146 valence electrons. The van der Waals surface area contributed by atoms with Gasteiger partial charge in [-0.05, 0) is 43.3 Å². The number of carbonyl (C=O) groups excluding carboxylic acids is 1. The topological polar surface area (TPSA) is 78.3 Å². The predicted molar refractivity (Wildman–Crippen MR) is 109 cm³/mol. The van der Waals surface area contributed by atoms with Crippen LogP contribution in [0.15, 0.2) is 53.7 Å². The van der Waals surface area contributed by atoms with Crippen LogP contribution in [0.3, 0.4) is 0 Å². The van der Waals surface area contributed by atoms with E-state index in [4.69, 9.17) is 9.47 Å². The quantitative estimate of drug-likeness (QED) is 0.460. The van der Waals surface area contributed by atoms with E-state index in [1.807, 2.05) is 60.0 Å². The lowest BCUT2D eigenvalue weighted by Crippen LogP contribution is -2.09. The molecule has 0 radical (unpaired) electrons. The van der Waals surface area contributed by atoms with E-state index in [9.17, 15) is 4.79 Å². The summed E-state index contributed by atoms with van der Waals surface area (Å²) in [5, 5.41) is 12.6. The smallest absolute Gasteiger partial charge is 0.316 e. The van der Waals surface area contributed by atoms with E-state index in [-0.39, 0.29) is 11.7 Å². The molecule has 3 aromatic rings. The number of carbonyl (C=O) groups is 1. The zero-order valence-electron chi connectivity index (χ0n) is 16.0. The number of hydrogen-bond donors (Lipinski definition) is 1.